The molecule has 1 aromatic rings. The molecule has 0 N–H and O–H groups in total. The highest BCUT2D eigenvalue weighted by Gasteiger charge is 2.38. The summed E-state index contributed by atoms with van der Waals surface area (Å²) in [7, 11) is 0. The van der Waals surface area contributed by atoms with E-state index in [-0.39, 0.29) is 12.2 Å². The SMILES string of the molecule is CCOC(C=O)(OC1CCN(C(=O)OC(C)(C)C)CC1)c1ccccc1. The minimum atomic E-state index is -1.41. The second kappa shape index (κ2) is 8.64. The van der Waals surface area contributed by atoms with Gasteiger partial charge < -0.3 is 19.1 Å². The molecule has 1 heterocycles. The summed E-state index contributed by atoms with van der Waals surface area (Å²) >= 11 is 0. The van der Waals surface area contributed by atoms with Gasteiger partial charge in [0.05, 0.1) is 6.10 Å². The summed E-state index contributed by atoms with van der Waals surface area (Å²) in [6.45, 7) is 8.77. The Morgan fingerprint density at radius 1 is 1.19 bits per heavy atom. The molecule has 1 unspecified atom stereocenters. The number of piperidine rings is 1. The van der Waals surface area contributed by atoms with E-state index in [0.717, 1.165) is 0 Å². The van der Waals surface area contributed by atoms with Crippen LogP contribution in [0.2, 0.25) is 0 Å². The van der Waals surface area contributed by atoms with Gasteiger partial charge in [-0.2, -0.15) is 0 Å². The number of nitrogens with zero attached hydrogens (tertiary/aromatic N) is 1. The van der Waals surface area contributed by atoms with Crippen molar-refractivity contribution in [1.29, 1.82) is 0 Å². The van der Waals surface area contributed by atoms with Gasteiger partial charge in [0, 0.05) is 25.3 Å². The lowest BCUT2D eigenvalue weighted by molar-refractivity contribution is -0.248. The third-order valence-corrected chi connectivity index (χ3v) is 4.13. The first kappa shape index (κ1) is 20.4. The van der Waals surface area contributed by atoms with Crippen molar-refractivity contribution in [2.24, 2.45) is 0 Å². The highest BCUT2D eigenvalue weighted by molar-refractivity contribution is 5.68. The van der Waals surface area contributed by atoms with Crippen molar-refractivity contribution in [3.8, 4) is 0 Å². The van der Waals surface area contributed by atoms with Crippen molar-refractivity contribution >= 4 is 12.4 Å². The molecule has 144 valence electrons. The number of carbonyl (C=O) groups is 2. The number of benzene rings is 1. The van der Waals surface area contributed by atoms with Gasteiger partial charge in [0.2, 0.25) is 0 Å². The van der Waals surface area contributed by atoms with Crippen LogP contribution in [0, 0.1) is 0 Å². The standard InChI is InChI=1S/C20H29NO5/c1-5-24-20(15-22,16-9-7-6-8-10-16)25-17-11-13-21(14-12-17)18(23)26-19(2,3)4/h6-10,15,17H,5,11-14H2,1-4H3. The molecule has 1 aromatic carbocycles. The normalized spacial score (nSPS) is 18.2. The molecule has 26 heavy (non-hydrogen) atoms. The van der Waals surface area contributed by atoms with Gasteiger partial charge in [-0.1, -0.05) is 30.3 Å². The Morgan fingerprint density at radius 2 is 1.81 bits per heavy atom. The van der Waals surface area contributed by atoms with E-state index in [1.54, 1.807) is 4.90 Å². The lowest BCUT2D eigenvalue weighted by atomic mass is 10.0. The summed E-state index contributed by atoms with van der Waals surface area (Å²) in [6.07, 6.45) is 1.46. The second-order valence-electron chi connectivity index (χ2n) is 7.37. The summed E-state index contributed by atoms with van der Waals surface area (Å²) in [5, 5.41) is 0. The Hall–Kier alpha value is -1.92. The highest BCUT2D eigenvalue weighted by atomic mass is 16.7. The molecule has 6 nitrogen and oxygen atoms in total. The van der Waals surface area contributed by atoms with Crippen molar-refractivity contribution in [3.05, 3.63) is 35.9 Å². The molecule has 2 rings (SSSR count). The molecule has 1 amide bonds. The largest absolute Gasteiger partial charge is 0.444 e. The fraction of sp³-hybridized carbons (Fsp3) is 0.600. The molecule has 1 fully saturated rings. The van der Waals surface area contributed by atoms with E-state index in [0.29, 0.717) is 44.4 Å². The molecule has 6 heteroatoms. The maximum absolute atomic E-state index is 12.2. The van der Waals surface area contributed by atoms with Crippen molar-refractivity contribution in [1.82, 2.24) is 4.90 Å². The quantitative estimate of drug-likeness (QED) is 0.572. The molecule has 1 aliphatic rings. The van der Waals surface area contributed by atoms with Gasteiger partial charge in [-0.15, -0.1) is 0 Å². The number of likely N-dealkylation sites (tertiary alicyclic amines) is 1. The van der Waals surface area contributed by atoms with Crippen molar-refractivity contribution in [3.63, 3.8) is 0 Å². The lowest BCUT2D eigenvalue weighted by Gasteiger charge is -2.37. The predicted molar refractivity (Wildman–Crippen MR) is 97.7 cm³/mol. The average molecular weight is 363 g/mol. The molecular formula is C20H29NO5. The van der Waals surface area contributed by atoms with E-state index in [1.165, 1.54) is 0 Å². The predicted octanol–water partition coefficient (Wildman–Crippen LogP) is 3.49. The van der Waals surface area contributed by atoms with Crippen LogP contribution in [0.5, 0.6) is 0 Å². The zero-order chi connectivity index (χ0) is 19.2. The van der Waals surface area contributed by atoms with Crippen LogP contribution in [-0.4, -0.2) is 48.7 Å². The first-order chi connectivity index (χ1) is 12.3. The topological polar surface area (TPSA) is 65.1 Å². The van der Waals surface area contributed by atoms with Gasteiger partial charge in [-0.3, -0.25) is 4.79 Å². The van der Waals surface area contributed by atoms with Gasteiger partial charge in [0.15, 0.2) is 6.29 Å². The Bertz CT molecular complexity index is 590. The molecule has 0 aliphatic carbocycles. The number of carbonyl (C=O) groups excluding carboxylic acids is 2. The molecule has 1 saturated heterocycles. The third kappa shape index (κ3) is 5.29. The fourth-order valence-electron chi connectivity index (χ4n) is 2.93. The van der Waals surface area contributed by atoms with E-state index in [2.05, 4.69) is 0 Å². The number of ether oxygens (including phenoxy) is 3. The Morgan fingerprint density at radius 3 is 2.31 bits per heavy atom. The van der Waals surface area contributed by atoms with Gasteiger partial charge in [0.25, 0.3) is 5.79 Å². The summed E-state index contributed by atoms with van der Waals surface area (Å²) < 4.78 is 17.2. The Kier molecular flexibility index (Phi) is 6.78. The average Bonchev–Trinajstić information content (AvgIpc) is 2.61. The fourth-order valence-corrected chi connectivity index (χ4v) is 2.93. The monoisotopic (exact) mass is 363 g/mol. The number of aldehydes is 1. The first-order valence-corrected chi connectivity index (χ1v) is 9.11. The van der Waals surface area contributed by atoms with Crippen LogP contribution in [0.4, 0.5) is 4.79 Å². The number of rotatable bonds is 6. The highest BCUT2D eigenvalue weighted by Crippen LogP contribution is 2.30. The first-order valence-electron chi connectivity index (χ1n) is 9.11. The van der Waals surface area contributed by atoms with Crippen LogP contribution in [0.1, 0.15) is 46.1 Å². The van der Waals surface area contributed by atoms with E-state index >= 15 is 0 Å². The lowest BCUT2D eigenvalue weighted by Crippen LogP contribution is -2.46. The van der Waals surface area contributed by atoms with Crippen LogP contribution in [0.15, 0.2) is 30.3 Å². The molecule has 0 spiro atoms. The van der Waals surface area contributed by atoms with Crippen molar-refractivity contribution in [2.45, 2.75) is 58.0 Å². The molecular weight excluding hydrogens is 334 g/mol. The van der Waals surface area contributed by atoms with Crippen LogP contribution >= 0.6 is 0 Å². The van der Waals surface area contributed by atoms with Gasteiger partial charge in [-0.25, -0.2) is 4.79 Å². The molecule has 1 atom stereocenters. The van der Waals surface area contributed by atoms with Gasteiger partial charge in [0.1, 0.15) is 5.60 Å². The molecule has 0 bridgehead atoms. The minimum absolute atomic E-state index is 0.175. The molecule has 0 radical (unpaired) electrons. The summed E-state index contributed by atoms with van der Waals surface area (Å²) in [4.78, 5) is 25.7. The second-order valence-corrected chi connectivity index (χ2v) is 7.37. The van der Waals surface area contributed by atoms with Crippen LogP contribution in [0.3, 0.4) is 0 Å². The van der Waals surface area contributed by atoms with Crippen LogP contribution in [0.25, 0.3) is 0 Å². The van der Waals surface area contributed by atoms with Crippen LogP contribution in [-0.2, 0) is 24.8 Å². The summed E-state index contributed by atoms with van der Waals surface area (Å²) in [5.41, 5.74) is 0.158. The molecule has 0 saturated carbocycles. The number of hydrogen-bond acceptors (Lipinski definition) is 5. The zero-order valence-corrected chi connectivity index (χ0v) is 16.1. The Labute approximate surface area is 155 Å². The zero-order valence-electron chi connectivity index (χ0n) is 16.1. The van der Waals surface area contributed by atoms with E-state index in [9.17, 15) is 9.59 Å². The van der Waals surface area contributed by atoms with Crippen molar-refractivity contribution in [2.75, 3.05) is 19.7 Å². The van der Waals surface area contributed by atoms with Gasteiger partial charge >= 0.3 is 6.09 Å². The van der Waals surface area contributed by atoms with Crippen LogP contribution < -0.4 is 0 Å². The number of hydrogen-bond donors (Lipinski definition) is 0. The summed E-state index contributed by atoms with van der Waals surface area (Å²) in [6, 6.07) is 9.21. The number of amides is 1. The molecule has 0 aromatic heterocycles. The van der Waals surface area contributed by atoms with Gasteiger partial charge in [-0.05, 0) is 40.5 Å². The van der Waals surface area contributed by atoms with Crippen molar-refractivity contribution < 1.29 is 23.8 Å². The molecule has 1 aliphatic heterocycles. The van der Waals surface area contributed by atoms with E-state index < -0.39 is 11.4 Å². The maximum Gasteiger partial charge on any atom is 0.410 e. The smallest absolute Gasteiger partial charge is 0.410 e. The third-order valence-electron chi connectivity index (χ3n) is 4.13. The minimum Gasteiger partial charge on any atom is -0.444 e. The summed E-state index contributed by atoms with van der Waals surface area (Å²) in [5.74, 6) is -1.41. The van der Waals surface area contributed by atoms with E-state index in [1.807, 2.05) is 58.0 Å². The maximum atomic E-state index is 12.2. The van der Waals surface area contributed by atoms with E-state index in [4.69, 9.17) is 14.2 Å². The Balaban J connectivity index is 2.01.